The van der Waals surface area contributed by atoms with E-state index in [1.54, 1.807) is 6.20 Å². The normalized spacial score (nSPS) is 20.2. The number of thiophene rings is 1. The fourth-order valence-corrected chi connectivity index (χ4v) is 6.00. The number of rotatable bonds is 4. The Morgan fingerprint density at radius 3 is 2.90 bits per heavy atom. The number of aliphatic hydroxyl groups is 1. The molecule has 4 heterocycles. The first kappa shape index (κ1) is 18.9. The number of aryl methyl sites for hydroxylation is 1. The molecule has 6 nitrogen and oxygen atoms in total. The molecule has 1 aliphatic heterocycles. The predicted octanol–water partition coefficient (Wildman–Crippen LogP) is 1.58. The second kappa shape index (κ2) is 7.97. The zero-order valence-corrected chi connectivity index (χ0v) is 17.7. The maximum atomic E-state index is 9.27. The zero-order chi connectivity index (χ0) is 19.8. The van der Waals surface area contributed by atoms with Crippen molar-refractivity contribution in [2.45, 2.75) is 26.2 Å². The van der Waals surface area contributed by atoms with E-state index < -0.39 is 0 Å². The highest BCUT2D eigenvalue weighted by Gasteiger charge is 2.28. The SMILES string of the molecule is C[C@H]1CCc2c(sc3nc(-c4cccnc4)nc(N4CC[NH+](CCO)CC4)c23)C1. The second-order valence-corrected chi connectivity index (χ2v) is 9.44. The Kier molecular flexibility index (Phi) is 5.20. The van der Waals surface area contributed by atoms with Crippen LogP contribution in [0, 0.1) is 5.92 Å². The van der Waals surface area contributed by atoms with Gasteiger partial charge in [0.15, 0.2) is 5.82 Å². The largest absolute Gasteiger partial charge is 0.391 e. The van der Waals surface area contributed by atoms with Crippen LogP contribution in [-0.4, -0.2) is 59.4 Å². The fourth-order valence-electron chi connectivity index (χ4n) is 4.62. The molecule has 0 unspecified atom stereocenters. The standard InChI is InChI=1S/C22H27N5OS/c1-15-4-5-17-18(13-15)29-22-19(17)21(27-9-7-26(8-10-27)11-12-28)24-20(25-22)16-3-2-6-23-14-16/h2-3,6,14-15,28H,4-5,7-13H2,1H3/p+1/t15-/m0/s1. The average molecular weight is 411 g/mol. The van der Waals surface area contributed by atoms with Gasteiger partial charge in [0.1, 0.15) is 17.2 Å². The number of anilines is 1. The molecule has 3 aromatic rings. The Hall–Kier alpha value is -2.09. The Bertz CT molecular complexity index is 997. The monoisotopic (exact) mass is 410 g/mol. The van der Waals surface area contributed by atoms with Crippen LogP contribution in [-0.2, 0) is 12.8 Å². The summed E-state index contributed by atoms with van der Waals surface area (Å²) < 4.78 is 0. The van der Waals surface area contributed by atoms with Gasteiger partial charge in [-0.1, -0.05) is 6.92 Å². The van der Waals surface area contributed by atoms with Crippen molar-refractivity contribution in [3.05, 3.63) is 35.0 Å². The molecule has 0 amide bonds. The molecule has 1 fully saturated rings. The highest BCUT2D eigenvalue weighted by Crippen LogP contribution is 2.41. The maximum absolute atomic E-state index is 9.27. The second-order valence-electron chi connectivity index (χ2n) is 8.36. The van der Waals surface area contributed by atoms with E-state index in [0.717, 1.165) is 73.5 Å². The quantitative estimate of drug-likeness (QED) is 0.684. The number of quaternary nitrogens is 1. The van der Waals surface area contributed by atoms with Gasteiger partial charge in [-0.3, -0.25) is 4.98 Å². The molecule has 1 atom stereocenters. The van der Waals surface area contributed by atoms with Crippen molar-refractivity contribution >= 4 is 27.4 Å². The molecule has 152 valence electrons. The molecular weight excluding hydrogens is 382 g/mol. The number of hydrogen-bond acceptors (Lipinski definition) is 6. The number of piperazine rings is 1. The van der Waals surface area contributed by atoms with Crippen LogP contribution in [0.3, 0.4) is 0 Å². The van der Waals surface area contributed by atoms with Gasteiger partial charge in [-0.2, -0.15) is 0 Å². The van der Waals surface area contributed by atoms with E-state index in [1.165, 1.54) is 27.1 Å². The number of aliphatic hydroxyl groups excluding tert-OH is 1. The molecule has 0 aromatic carbocycles. The molecule has 0 spiro atoms. The highest BCUT2D eigenvalue weighted by molar-refractivity contribution is 7.19. The maximum Gasteiger partial charge on any atom is 0.164 e. The predicted molar refractivity (Wildman–Crippen MR) is 117 cm³/mol. The van der Waals surface area contributed by atoms with E-state index in [-0.39, 0.29) is 6.61 Å². The molecule has 0 bridgehead atoms. The van der Waals surface area contributed by atoms with E-state index >= 15 is 0 Å². The van der Waals surface area contributed by atoms with Crippen LogP contribution in [0.25, 0.3) is 21.6 Å². The summed E-state index contributed by atoms with van der Waals surface area (Å²) in [6, 6.07) is 3.98. The Balaban J connectivity index is 1.60. The summed E-state index contributed by atoms with van der Waals surface area (Å²) in [4.78, 5) is 20.9. The summed E-state index contributed by atoms with van der Waals surface area (Å²) in [6.45, 7) is 7.46. The van der Waals surface area contributed by atoms with Gasteiger partial charge in [0.2, 0.25) is 0 Å². The molecular formula is C22H28N5OS+. The van der Waals surface area contributed by atoms with Crippen molar-refractivity contribution < 1.29 is 10.0 Å². The number of fused-ring (bicyclic) bond motifs is 3. The van der Waals surface area contributed by atoms with Crippen LogP contribution in [0.4, 0.5) is 5.82 Å². The summed E-state index contributed by atoms with van der Waals surface area (Å²) in [6.07, 6.45) is 7.18. The van der Waals surface area contributed by atoms with Crippen LogP contribution >= 0.6 is 11.3 Å². The van der Waals surface area contributed by atoms with Crippen molar-refractivity contribution in [3.8, 4) is 11.4 Å². The minimum Gasteiger partial charge on any atom is -0.391 e. The number of hydrogen-bond donors (Lipinski definition) is 2. The third-order valence-corrected chi connectivity index (χ3v) is 7.44. The van der Waals surface area contributed by atoms with Crippen LogP contribution in [0.1, 0.15) is 23.8 Å². The van der Waals surface area contributed by atoms with E-state index in [0.29, 0.717) is 0 Å². The minimum absolute atomic E-state index is 0.258. The Morgan fingerprint density at radius 2 is 2.14 bits per heavy atom. The first-order chi connectivity index (χ1) is 14.2. The summed E-state index contributed by atoms with van der Waals surface area (Å²) in [5, 5.41) is 10.6. The Morgan fingerprint density at radius 1 is 1.28 bits per heavy atom. The zero-order valence-electron chi connectivity index (χ0n) is 16.9. The van der Waals surface area contributed by atoms with Gasteiger partial charge >= 0.3 is 0 Å². The van der Waals surface area contributed by atoms with Crippen molar-refractivity contribution in [2.24, 2.45) is 5.92 Å². The summed E-state index contributed by atoms with van der Waals surface area (Å²) in [7, 11) is 0. The van der Waals surface area contributed by atoms with E-state index in [9.17, 15) is 5.11 Å². The number of nitrogens with zero attached hydrogens (tertiary/aromatic N) is 4. The smallest absolute Gasteiger partial charge is 0.164 e. The van der Waals surface area contributed by atoms with E-state index in [2.05, 4.69) is 16.8 Å². The molecule has 5 rings (SSSR count). The summed E-state index contributed by atoms with van der Waals surface area (Å²) >= 11 is 1.86. The third-order valence-electron chi connectivity index (χ3n) is 6.29. The van der Waals surface area contributed by atoms with Gasteiger partial charge in [0.05, 0.1) is 38.2 Å². The number of pyridine rings is 1. The first-order valence-corrected chi connectivity index (χ1v) is 11.5. The number of nitrogens with one attached hydrogen (secondary N) is 1. The van der Waals surface area contributed by atoms with Crippen molar-refractivity contribution in [1.82, 2.24) is 15.0 Å². The average Bonchev–Trinajstić information content (AvgIpc) is 3.12. The molecule has 1 aliphatic carbocycles. The van der Waals surface area contributed by atoms with Gasteiger partial charge in [-0.15, -0.1) is 11.3 Å². The van der Waals surface area contributed by atoms with Crippen LogP contribution < -0.4 is 9.80 Å². The molecule has 3 aromatic heterocycles. The van der Waals surface area contributed by atoms with Crippen LogP contribution in [0.15, 0.2) is 24.5 Å². The van der Waals surface area contributed by atoms with Crippen molar-refractivity contribution in [2.75, 3.05) is 44.2 Å². The fraction of sp³-hybridized carbons (Fsp3) is 0.500. The van der Waals surface area contributed by atoms with Gasteiger partial charge in [0, 0.05) is 22.8 Å². The van der Waals surface area contributed by atoms with Gasteiger partial charge in [-0.25, -0.2) is 9.97 Å². The van der Waals surface area contributed by atoms with Crippen LogP contribution in [0.5, 0.6) is 0 Å². The van der Waals surface area contributed by atoms with Gasteiger partial charge in [0.25, 0.3) is 0 Å². The molecule has 2 N–H and O–H groups in total. The van der Waals surface area contributed by atoms with Gasteiger partial charge < -0.3 is 14.9 Å². The molecule has 2 aliphatic rings. The molecule has 0 saturated carbocycles. The molecule has 0 radical (unpaired) electrons. The Labute approximate surface area is 175 Å². The highest BCUT2D eigenvalue weighted by atomic mass is 32.1. The van der Waals surface area contributed by atoms with E-state index in [4.69, 9.17) is 9.97 Å². The summed E-state index contributed by atoms with van der Waals surface area (Å²) in [5.74, 6) is 2.62. The lowest BCUT2D eigenvalue weighted by molar-refractivity contribution is -0.900. The van der Waals surface area contributed by atoms with Crippen molar-refractivity contribution in [1.29, 1.82) is 0 Å². The topological polar surface area (TPSA) is 66.6 Å². The number of aromatic nitrogens is 3. The lowest BCUT2D eigenvalue weighted by Gasteiger charge is -2.33. The first-order valence-electron chi connectivity index (χ1n) is 10.6. The third kappa shape index (κ3) is 3.63. The van der Waals surface area contributed by atoms with Crippen molar-refractivity contribution in [3.63, 3.8) is 0 Å². The molecule has 1 saturated heterocycles. The lowest BCUT2D eigenvalue weighted by Crippen LogP contribution is -3.15. The summed E-state index contributed by atoms with van der Waals surface area (Å²) in [5.41, 5.74) is 2.46. The molecule has 29 heavy (non-hydrogen) atoms. The lowest BCUT2D eigenvalue weighted by atomic mass is 9.89. The van der Waals surface area contributed by atoms with Crippen LogP contribution in [0.2, 0.25) is 0 Å². The minimum atomic E-state index is 0.258. The van der Waals surface area contributed by atoms with E-state index in [1.807, 2.05) is 29.7 Å². The van der Waals surface area contributed by atoms with Gasteiger partial charge in [-0.05, 0) is 42.9 Å². The molecule has 7 heteroatoms.